The Balaban J connectivity index is 1.20. The number of para-hydroxylation sites is 3. The molecule has 3 nitrogen and oxygen atoms in total. The van der Waals surface area contributed by atoms with E-state index < -0.39 is 0 Å². The van der Waals surface area contributed by atoms with Crippen LogP contribution in [0.3, 0.4) is 0 Å². The van der Waals surface area contributed by atoms with Crippen molar-refractivity contribution in [3.8, 4) is 11.1 Å². The van der Waals surface area contributed by atoms with Crippen molar-refractivity contribution in [3.63, 3.8) is 0 Å². The van der Waals surface area contributed by atoms with Crippen molar-refractivity contribution < 1.29 is 4.42 Å². The zero-order valence-electron chi connectivity index (χ0n) is 33.5. The van der Waals surface area contributed by atoms with Crippen LogP contribution in [-0.2, 0) is 16.2 Å². The van der Waals surface area contributed by atoms with Gasteiger partial charge >= 0.3 is 0 Å². The molecule has 0 atom stereocenters. The molecule has 1 aliphatic carbocycles. The van der Waals surface area contributed by atoms with Crippen molar-refractivity contribution in [1.82, 2.24) is 0 Å². The van der Waals surface area contributed by atoms with E-state index in [2.05, 4.69) is 191 Å². The van der Waals surface area contributed by atoms with E-state index in [1.807, 2.05) is 11.3 Å². The van der Waals surface area contributed by atoms with Gasteiger partial charge in [0.2, 0.25) is 0 Å². The number of furan rings is 1. The van der Waals surface area contributed by atoms with Crippen LogP contribution in [0, 0.1) is 0 Å². The number of rotatable bonds is 4. The van der Waals surface area contributed by atoms with Gasteiger partial charge in [0, 0.05) is 59.4 Å². The van der Waals surface area contributed by atoms with Gasteiger partial charge in [0.15, 0.2) is 0 Å². The first kappa shape index (κ1) is 34.4. The first-order valence-corrected chi connectivity index (χ1v) is 21.1. The average Bonchev–Trinajstić information content (AvgIpc) is 3.77. The lowest BCUT2D eigenvalue weighted by Crippen LogP contribution is -2.33. The van der Waals surface area contributed by atoms with Gasteiger partial charge in [-0.2, -0.15) is 0 Å². The predicted octanol–water partition coefficient (Wildman–Crippen LogP) is 15.8. The molecular formula is C53H46N2OS. The Kier molecular flexibility index (Phi) is 7.30. The molecule has 2 aromatic heterocycles. The lowest BCUT2D eigenvalue weighted by atomic mass is 9.63. The lowest BCUT2D eigenvalue weighted by molar-refractivity contribution is 0.332. The molecule has 7 aromatic carbocycles. The Bertz CT molecular complexity index is 3050. The van der Waals surface area contributed by atoms with Gasteiger partial charge in [-0.3, -0.25) is 0 Å². The SMILES string of the molecule is CC1(C)CCC(C)(C)c2cc(Nc3cc4sc5ccccc5c4cc3-c3cc(N4c5ccccc5C(C)(C)c5ccccc54)cc4oc5ccccc5c34)ccc21. The van der Waals surface area contributed by atoms with Gasteiger partial charge in [-0.05, 0) is 106 Å². The maximum Gasteiger partial charge on any atom is 0.138 e. The molecule has 0 fully saturated rings. The van der Waals surface area contributed by atoms with Gasteiger partial charge in [-0.1, -0.05) is 120 Å². The monoisotopic (exact) mass is 758 g/mol. The summed E-state index contributed by atoms with van der Waals surface area (Å²) in [5.74, 6) is 0. The minimum absolute atomic E-state index is 0.104. The van der Waals surface area contributed by atoms with Crippen molar-refractivity contribution in [2.24, 2.45) is 0 Å². The van der Waals surface area contributed by atoms with Crippen LogP contribution in [0.5, 0.6) is 0 Å². The molecule has 0 spiro atoms. The van der Waals surface area contributed by atoms with E-state index in [4.69, 9.17) is 4.42 Å². The molecule has 2 aliphatic rings. The molecule has 1 aliphatic heterocycles. The topological polar surface area (TPSA) is 28.4 Å². The van der Waals surface area contributed by atoms with Gasteiger partial charge in [-0.15, -0.1) is 11.3 Å². The number of thiophene rings is 1. The Hall–Kier alpha value is -5.84. The highest BCUT2D eigenvalue weighted by atomic mass is 32.1. The van der Waals surface area contributed by atoms with Crippen LogP contribution in [0.25, 0.3) is 53.2 Å². The van der Waals surface area contributed by atoms with Crippen molar-refractivity contribution in [2.75, 3.05) is 10.2 Å². The van der Waals surface area contributed by atoms with Crippen molar-refractivity contribution in [1.29, 1.82) is 0 Å². The lowest BCUT2D eigenvalue weighted by Gasteiger charge is -2.42. The zero-order valence-corrected chi connectivity index (χ0v) is 34.3. The first-order valence-electron chi connectivity index (χ1n) is 20.3. The summed E-state index contributed by atoms with van der Waals surface area (Å²) in [5.41, 5.74) is 15.4. The second kappa shape index (κ2) is 12.1. The van der Waals surface area contributed by atoms with E-state index in [0.717, 1.165) is 50.1 Å². The molecule has 11 rings (SSSR count). The fourth-order valence-electron chi connectivity index (χ4n) is 10.0. The highest BCUT2D eigenvalue weighted by Gasteiger charge is 2.38. The Morgan fingerprint density at radius 3 is 1.93 bits per heavy atom. The number of fused-ring (bicyclic) bond motifs is 9. The normalized spacial score (nSPS) is 16.5. The highest BCUT2D eigenvalue weighted by molar-refractivity contribution is 7.25. The number of benzene rings is 7. The molecule has 1 N–H and O–H groups in total. The van der Waals surface area contributed by atoms with E-state index in [0.29, 0.717) is 0 Å². The molecule has 280 valence electrons. The van der Waals surface area contributed by atoms with E-state index in [1.54, 1.807) is 0 Å². The largest absolute Gasteiger partial charge is 0.456 e. The van der Waals surface area contributed by atoms with Crippen LogP contribution in [0.4, 0.5) is 28.4 Å². The summed E-state index contributed by atoms with van der Waals surface area (Å²) >= 11 is 1.86. The number of nitrogens with one attached hydrogen (secondary N) is 1. The third kappa shape index (κ3) is 5.16. The number of hydrogen-bond donors (Lipinski definition) is 1. The predicted molar refractivity (Wildman–Crippen MR) is 244 cm³/mol. The van der Waals surface area contributed by atoms with Crippen LogP contribution in [0.2, 0.25) is 0 Å². The van der Waals surface area contributed by atoms with E-state index in [1.165, 1.54) is 66.6 Å². The number of hydrogen-bond acceptors (Lipinski definition) is 4. The van der Waals surface area contributed by atoms with Gasteiger partial charge < -0.3 is 14.6 Å². The van der Waals surface area contributed by atoms with Crippen LogP contribution >= 0.6 is 11.3 Å². The number of nitrogens with zero attached hydrogens (tertiary/aromatic N) is 1. The quantitative estimate of drug-likeness (QED) is 0.194. The minimum Gasteiger partial charge on any atom is -0.456 e. The van der Waals surface area contributed by atoms with Crippen LogP contribution in [0.1, 0.15) is 76.6 Å². The summed E-state index contributed by atoms with van der Waals surface area (Å²) in [7, 11) is 0. The molecule has 0 bridgehead atoms. The van der Waals surface area contributed by atoms with E-state index in [-0.39, 0.29) is 16.2 Å². The first-order chi connectivity index (χ1) is 27.5. The summed E-state index contributed by atoms with van der Waals surface area (Å²) < 4.78 is 9.39. The fourth-order valence-corrected chi connectivity index (χ4v) is 11.2. The maximum absolute atomic E-state index is 6.82. The third-order valence-electron chi connectivity index (χ3n) is 13.3. The molecule has 4 heteroatoms. The summed E-state index contributed by atoms with van der Waals surface area (Å²) in [5, 5.41) is 8.83. The molecule has 0 unspecified atom stereocenters. The minimum atomic E-state index is -0.156. The van der Waals surface area contributed by atoms with Gasteiger partial charge in [0.25, 0.3) is 0 Å². The van der Waals surface area contributed by atoms with Crippen LogP contribution in [0.15, 0.2) is 144 Å². The number of anilines is 5. The highest BCUT2D eigenvalue weighted by Crippen LogP contribution is 2.54. The van der Waals surface area contributed by atoms with Gasteiger partial charge in [0.1, 0.15) is 11.2 Å². The molecular weight excluding hydrogens is 713 g/mol. The van der Waals surface area contributed by atoms with Crippen molar-refractivity contribution in [3.05, 3.63) is 162 Å². The molecule has 0 radical (unpaired) electrons. The molecule has 0 saturated carbocycles. The Morgan fingerprint density at radius 2 is 1.18 bits per heavy atom. The van der Waals surface area contributed by atoms with Crippen LogP contribution < -0.4 is 10.2 Å². The van der Waals surface area contributed by atoms with E-state index in [9.17, 15) is 0 Å². The average molecular weight is 759 g/mol. The smallest absolute Gasteiger partial charge is 0.138 e. The van der Waals surface area contributed by atoms with Gasteiger partial charge in [0.05, 0.1) is 17.1 Å². The molecule has 57 heavy (non-hydrogen) atoms. The molecule has 3 heterocycles. The van der Waals surface area contributed by atoms with E-state index >= 15 is 0 Å². The second-order valence-corrected chi connectivity index (χ2v) is 19.2. The van der Waals surface area contributed by atoms with Crippen LogP contribution in [-0.4, -0.2) is 0 Å². The van der Waals surface area contributed by atoms with Gasteiger partial charge in [-0.25, -0.2) is 0 Å². The second-order valence-electron chi connectivity index (χ2n) is 18.1. The fraction of sp³-hybridized carbons (Fsp3) is 0.208. The third-order valence-corrected chi connectivity index (χ3v) is 14.4. The molecule has 0 amide bonds. The summed E-state index contributed by atoms with van der Waals surface area (Å²) in [6.45, 7) is 14.3. The summed E-state index contributed by atoms with van der Waals surface area (Å²) in [4.78, 5) is 2.45. The van der Waals surface area contributed by atoms with Crippen molar-refractivity contribution in [2.45, 2.75) is 70.6 Å². The molecule has 9 aromatic rings. The Labute approximate surface area is 338 Å². The maximum atomic E-state index is 6.82. The zero-order chi connectivity index (χ0) is 38.8. The van der Waals surface area contributed by atoms with Crippen molar-refractivity contribution >= 4 is 81.9 Å². The summed E-state index contributed by atoms with van der Waals surface area (Å²) in [6.07, 6.45) is 2.37. The summed E-state index contributed by atoms with van der Waals surface area (Å²) in [6, 6.07) is 51.7. The standard InChI is InChI=1S/C53H46N2OS/c1-51(2)25-26-52(3,4)42-27-32(23-24-39(42)51)54-43-31-49-37(34-15-8-14-22-48(34)57-49)30-36(43)38-28-33(29-47-50(38)35-16-7-13-21-46(35)56-47)55-44-19-11-9-17-40(44)53(5,6)41-18-10-12-20-45(41)55/h7-24,27-31,54H,25-26H2,1-6H3. The Morgan fingerprint density at radius 1 is 0.526 bits per heavy atom. The molecule has 0 saturated heterocycles.